The minimum Gasteiger partial charge on any atom is -0.490 e. The third-order valence-electron chi connectivity index (χ3n) is 3.20. The Morgan fingerprint density at radius 3 is 2.62 bits per heavy atom. The molecule has 1 saturated heterocycles. The van der Waals surface area contributed by atoms with Crippen LogP contribution in [0.25, 0.3) is 0 Å². The molecule has 1 unspecified atom stereocenters. The van der Waals surface area contributed by atoms with E-state index in [0.717, 1.165) is 5.75 Å². The predicted octanol–water partition coefficient (Wildman–Crippen LogP) is 3.74. The van der Waals surface area contributed by atoms with Gasteiger partial charge in [-0.15, -0.1) is 0 Å². The van der Waals surface area contributed by atoms with Gasteiger partial charge in [0.2, 0.25) is 0 Å². The highest BCUT2D eigenvalue weighted by atomic mass is 35.5. The minimum absolute atomic E-state index is 0.311. The molecule has 0 aromatic heterocycles. The number of hydrogen-bond donors (Lipinski definition) is 0. The van der Waals surface area contributed by atoms with Gasteiger partial charge >= 0.3 is 6.09 Å². The lowest BCUT2D eigenvalue weighted by atomic mass is 10.3. The number of nitrogens with zero attached hydrogens (tertiary/aromatic N) is 1. The molecule has 21 heavy (non-hydrogen) atoms. The zero-order chi connectivity index (χ0) is 14.7. The Morgan fingerprint density at radius 2 is 1.86 bits per heavy atom. The van der Waals surface area contributed by atoms with Crippen molar-refractivity contribution < 1.29 is 14.3 Å². The summed E-state index contributed by atoms with van der Waals surface area (Å²) in [5.74, 6) is 0.754. The molecule has 1 atom stereocenters. The number of carbonyl (C=O) groups excluding carboxylic acids is 1. The van der Waals surface area contributed by atoms with Crippen molar-refractivity contribution in [2.45, 2.75) is 6.10 Å². The van der Waals surface area contributed by atoms with Crippen LogP contribution in [0.15, 0.2) is 54.6 Å². The van der Waals surface area contributed by atoms with Gasteiger partial charge in [-0.2, -0.15) is 0 Å². The van der Waals surface area contributed by atoms with Crippen LogP contribution >= 0.6 is 11.6 Å². The van der Waals surface area contributed by atoms with E-state index in [0.29, 0.717) is 23.9 Å². The molecule has 3 rings (SSSR count). The number of benzene rings is 2. The van der Waals surface area contributed by atoms with Gasteiger partial charge in [-0.25, -0.2) is 4.79 Å². The zero-order valence-corrected chi connectivity index (χ0v) is 12.0. The molecule has 4 nitrogen and oxygen atoms in total. The minimum atomic E-state index is -0.398. The first-order chi connectivity index (χ1) is 10.2. The summed E-state index contributed by atoms with van der Waals surface area (Å²) < 4.78 is 10.9. The summed E-state index contributed by atoms with van der Waals surface area (Å²) in [6, 6.07) is 16.6. The van der Waals surface area contributed by atoms with Crippen molar-refractivity contribution in [1.29, 1.82) is 0 Å². The van der Waals surface area contributed by atoms with Crippen LogP contribution in [-0.2, 0) is 4.74 Å². The number of halogens is 1. The highest BCUT2D eigenvalue weighted by Gasteiger charge is 2.33. The molecular weight excluding hydrogens is 290 g/mol. The number of ether oxygens (including phenoxy) is 2. The maximum atomic E-state index is 11.9. The molecule has 0 aliphatic carbocycles. The maximum Gasteiger partial charge on any atom is 0.414 e. The summed E-state index contributed by atoms with van der Waals surface area (Å²) in [7, 11) is 0. The Balaban J connectivity index is 1.64. The molecule has 1 fully saturated rings. The topological polar surface area (TPSA) is 38.8 Å². The van der Waals surface area contributed by atoms with E-state index < -0.39 is 6.09 Å². The monoisotopic (exact) mass is 303 g/mol. The van der Waals surface area contributed by atoms with E-state index in [1.165, 1.54) is 4.90 Å². The fourth-order valence-electron chi connectivity index (χ4n) is 2.18. The standard InChI is InChI=1S/C16H14ClNO3/c17-14-8-4-5-9-15(14)18-10-13(21-16(18)19)11-20-12-6-2-1-3-7-12/h1-9,13H,10-11H2. The van der Waals surface area contributed by atoms with Crippen molar-refractivity contribution in [2.75, 3.05) is 18.1 Å². The van der Waals surface area contributed by atoms with Crippen molar-refractivity contribution in [1.82, 2.24) is 0 Å². The molecule has 2 aromatic rings. The quantitative estimate of drug-likeness (QED) is 0.863. The second-order valence-electron chi connectivity index (χ2n) is 4.69. The second-order valence-corrected chi connectivity index (χ2v) is 5.10. The summed E-state index contributed by atoms with van der Waals surface area (Å²) in [6.45, 7) is 0.742. The lowest BCUT2D eigenvalue weighted by Crippen LogP contribution is -2.26. The van der Waals surface area contributed by atoms with Crippen LogP contribution in [-0.4, -0.2) is 25.3 Å². The third-order valence-corrected chi connectivity index (χ3v) is 3.52. The van der Waals surface area contributed by atoms with Crippen LogP contribution in [0.5, 0.6) is 5.75 Å². The molecule has 0 radical (unpaired) electrons. The Morgan fingerprint density at radius 1 is 1.14 bits per heavy atom. The molecule has 0 bridgehead atoms. The van der Waals surface area contributed by atoms with E-state index in [1.807, 2.05) is 42.5 Å². The lowest BCUT2D eigenvalue weighted by molar-refractivity contribution is 0.105. The fourth-order valence-corrected chi connectivity index (χ4v) is 2.42. The highest BCUT2D eigenvalue weighted by Crippen LogP contribution is 2.29. The summed E-state index contributed by atoms with van der Waals surface area (Å²) in [5, 5.41) is 0.527. The van der Waals surface area contributed by atoms with Gasteiger partial charge < -0.3 is 9.47 Å². The molecular formula is C16H14ClNO3. The molecule has 0 N–H and O–H groups in total. The fraction of sp³-hybridized carbons (Fsp3) is 0.188. The normalized spacial score (nSPS) is 17.7. The second kappa shape index (κ2) is 6.06. The number of hydrogen-bond acceptors (Lipinski definition) is 3. The number of anilines is 1. The van der Waals surface area contributed by atoms with Crippen LogP contribution < -0.4 is 9.64 Å². The van der Waals surface area contributed by atoms with Crippen molar-refractivity contribution in [3.05, 3.63) is 59.6 Å². The van der Waals surface area contributed by atoms with E-state index in [2.05, 4.69) is 0 Å². The molecule has 1 heterocycles. The molecule has 1 aliphatic heterocycles. The molecule has 1 amide bonds. The van der Waals surface area contributed by atoms with Crippen LogP contribution in [0.1, 0.15) is 0 Å². The first-order valence-electron chi connectivity index (χ1n) is 6.64. The van der Waals surface area contributed by atoms with Gasteiger partial charge in [0.15, 0.2) is 6.10 Å². The van der Waals surface area contributed by atoms with Gasteiger partial charge in [-0.05, 0) is 24.3 Å². The van der Waals surface area contributed by atoms with Crippen LogP contribution in [0.4, 0.5) is 10.5 Å². The number of amides is 1. The van der Waals surface area contributed by atoms with Gasteiger partial charge in [0.25, 0.3) is 0 Å². The molecule has 0 spiro atoms. The number of carbonyl (C=O) groups is 1. The van der Waals surface area contributed by atoms with Crippen molar-refractivity contribution >= 4 is 23.4 Å². The molecule has 2 aromatic carbocycles. The SMILES string of the molecule is O=C1OC(COc2ccccc2)CN1c1ccccc1Cl. The van der Waals surface area contributed by atoms with E-state index in [9.17, 15) is 4.79 Å². The van der Waals surface area contributed by atoms with Crippen molar-refractivity contribution in [3.8, 4) is 5.75 Å². The zero-order valence-electron chi connectivity index (χ0n) is 11.2. The van der Waals surface area contributed by atoms with Gasteiger partial charge in [-0.1, -0.05) is 41.9 Å². The van der Waals surface area contributed by atoms with Crippen molar-refractivity contribution in [3.63, 3.8) is 0 Å². The molecule has 0 saturated carbocycles. The Kier molecular flexibility index (Phi) is 3.97. The van der Waals surface area contributed by atoms with Gasteiger partial charge in [0.1, 0.15) is 12.4 Å². The number of para-hydroxylation sites is 2. The highest BCUT2D eigenvalue weighted by molar-refractivity contribution is 6.33. The van der Waals surface area contributed by atoms with Crippen LogP contribution in [0.2, 0.25) is 5.02 Å². The lowest BCUT2D eigenvalue weighted by Gasteiger charge is -2.14. The van der Waals surface area contributed by atoms with E-state index in [4.69, 9.17) is 21.1 Å². The molecule has 1 aliphatic rings. The smallest absolute Gasteiger partial charge is 0.414 e. The Labute approximate surface area is 127 Å². The van der Waals surface area contributed by atoms with Crippen LogP contribution in [0, 0.1) is 0 Å². The first kappa shape index (κ1) is 13.8. The molecule has 5 heteroatoms. The van der Waals surface area contributed by atoms with Gasteiger partial charge in [-0.3, -0.25) is 4.90 Å². The average molecular weight is 304 g/mol. The largest absolute Gasteiger partial charge is 0.490 e. The first-order valence-corrected chi connectivity index (χ1v) is 7.02. The Bertz CT molecular complexity index is 632. The predicted molar refractivity (Wildman–Crippen MR) is 81.0 cm³/mol. The van der Waals surface area contributed by atoms with E-state index in [-0.39, 0.29) is 6.10 Å². The third kappa shape index (κ3) is 3.11. The average Bonchev–Trinajstić information content (AvgIpc) is 2.88. The van der Waals surface area contributed by atoms with Crippen LogP contribution in [0.3, 0.4) is 0 Å². The maximum absolute atomic E-state index is 11.9. The summed E-state index contributed by atoms with van der Waals surface area (Å²) in [5.41, 5.74) is 0.659. The summed E-state index contributed by atoms with van der Waals surface area (Å²) >= 11 is 6.11. The van der Waals surface area contributed by atoms with Gasteiger partial charge in [0.05, 0.1) is 17.3 Å². The van der Waals surface area contributed by atoms with E-state index >= 15 is 0 Å². The van der Waals surface area contributed by atoms with Gasteiger partial charge in [0, 0.05) is 0 Å². The Hall–Kier alpha value is -2.20. The number of rotatable bonds is 4. The summed E-state index contributed by atoms with van der Waals surface area (Å²) in [4.78, 5) is 13.5. The summed E-state index contributed by atoms with van der Waals surface area (Å²) in [6.07, 6.45) is -0.709. The van der Waals surface area contributed by atoms with Crippen molar-refractivity contribution in [2.24, 2.45) is 0 Å². The molecule has 108 valence electrons. The number of cyclic esters (lactones) is 1. The van der Waals surface area contributed by atoms with E-state index in [1.54, 1.807) is 12.1 Å².